The number of ether oxygens (including phenoxy) is 1. The Hall–Kier alpha value is -2.14. The molecule has 1 aromatic carbocycles. The van der Waals surface area contributed by atoms with E-state index in [2.05, 4.69) is 29.1 Å². The lowest BCUT2D eigenvalue weighted by Gasteiger charge is -2.09. The third-order valence-electron chi connectivity index (χ3n) is 3.37. The SMILES string of the molecule is Cc1sc2ncnc(NCCOc3ccccc3)c2c1C. The summed E-state index contributed by atoms with van der Waals surface area (Å²) in [6, 6.07) is 9.82. The molecule has 0 aliphatic heterocycles. The van der Waals surface area contributed by atoms with Crippen molar-refractivity contribution in [3.63, 3.8) is 0 Å². The Morgan fingerprint density at radius 2 is 1.95 bits per heavy atom. The molecule has 0 aliphatic rings. The highest BCUT2D eigenvalue weighted by atomic mass is 32.1. The smallest absolute Gasteiger partial charge is 0.138 e. The normalized spacial score (nSPS) is 10.8. The minimum Gasteiger partial charge on any atom is -0.492 e. The molecule has 0 fully saturated rings. The molecule has 3 rings (SSSR count). The lowest BCUT2D eigenvalue weighted by molar-refractivity contribution is 0.333. The van der Waals surface area contributed by atoms with E-state index in [1.807, 2.05) is 30.3 Å². The maximum Gasteiger partial charge on any atom is 0.138 e. The number of fused-ring (bicyclic) bond motifs is 1. The summed E-state index contributed by atoms with van der Waals surface area (Å²) >= 11 is 1.71. The highest BCUT2D eigenvalue weighted by Gasteiger charge is 2.11. The molecule has 0 spiro atoms. The van der Waals surface area contributed by atoms with Crippen molar-refractivity contribution >= 4 is 27.4 Å². The number of aryl methyl sites for hydroxylation is 2. The van der Waals surface area contributed by atoms with Gasteiger partial charge in [0.15, 0.2) is 0 Å². The van der Waals surface area contributed by atoms with Gasteiger partial charge in [0, 0.05) is 4.88 Å². The molecule has 0 saturated carbocycles. The van der Waals surface area contributed by atoms with Crippen LogP contribution in [0.3, 0.4) is 0 Å². The van der Waals surface area contributed by atoms with Gasteiger partial charge in [-0.1, -0.05) is 18.2 Å². The Morgan fingerprint density at radius 1 is 1.14 bits per heavy atom. The molecule has 2 aromatic heterocycles. The Kier molecular flexibility index (Phi) is 4.01. The molecule has 3 aromatic rings. The fourth-order valence-electron chi connectivity index (χ4n) is 2.17. The minimum absolute atomic E-state index is 0.595. The third-order valence-corrected chi connectivity index (χ3v) is 4.49. The van der Waals surface area contributed by atoms with Gasteiger partial charge in [-0.2, -0.15) is 0 Å². The summed E-state index contributed by atoms with van der Waals surface area (Å²) in [5.74, 6) is 1.77. The van der Waals surface area contributed by atoms with Crippen molar-refractivity contribution in [1.82, 2.24) is 9.97 Å². The number of hydrogen-bond acceptors (Lipinski definition) is 5. The van der Waals surface area contributed by atoms with Gasteiger partial charge >= 0.3 is 0 Å². The van der Waals surface area contributed by atoms with Crippen LogP contribution >= 0.6 is 11.3 Å². The third kappa shape index (κ3) is 2.97. The molecule has 5 heteroatoms. The largest absolute Gasteiger partial charge is 0.492 e. The topological polar surface area (TPSA) is 47.0 Å². The molecule has 4 nitrogen and oxygen atoms in total. The second-order valence-electron chi connectivity index (χ2n) is 4.77. The summed E-state index contributed by atoms with van der Waals surface area (Å²) in [5, 5.41) is 4.47. The van der Waals surface area contributed by atoms with Gasteiger partial charge in [-0.05, 0) is 31.5 Å². The van der Waals surface area contributed by atoms with E-state index in [0.717, 1.165) is 21.8 Å². The Morgan fingerprint density at radius 3 is 2.76 bits per heavy atom. The van der Waals surface area contributed by atoms with E-state index < -0.39 is 0 Å². The highest BCUT2D eigenvalue weighted by Crippen LogP contribution is 2.32. The number of aromatic nitrogens is 2. The molecule has 0 radical (unpaired) electrons. The lowest BCUT2D eigenvalue weighted by Crippen LogP contribution is -2.12. The number of para-hydroxylation sites is 1. The van der Waals surface area contributed by atoms with Gasteiger partial charge in [-0.25, -0.2) is 9.97 Å². The predicted molar refractivity (Wildman–Crippen MR) is 87.3 cm³/mol. The van der Waals surface area contributed by atoms with Gasteiger partial charge in [0.1, 0.15) is 29.3 Å². The number of nitrogens with one attached hydrogen (secondary N) is 1. The quantitative estimate of drug-likeness (QED) is 0.728. The van der Waals surface area contributed by atoms with Crippen LogP contribution in [0.1, 0.15) is 10.4 Å². The van der Waals surface area contributed by atoms with Crippen molar-refractivity contribution in [2.75, 3.05) is 18.5 Å². The Labute approximate surface area is 127 Å². The van der Waals surface area contributed by atoms with E-state index >= 15 is 0 Å². The molecular weight excluding hydrogens is 282 g/mol. The summed E-state index contributed by atoms with van der Waals surface area (Å²) < 4.78 is 5.67. The van der Waals surface area contributed by atoms with Crippen molar-refractivity contribution in [1.29, 1.82) is 0 Å². The zero-order chi connectivity index (χ0) is 14.7. The minimum atomic E-state index is 0.595. The summed E-state index contributed by atoms with van der Waals surface area (Å²) in [6.45, 7) is 5.53. The van der Waals surface area contributed by atoms with E-state index in [1.165, 1.54) is 10.4 Å². The van der Waals surface area contributed by atoms with Gasteiger partial charge < -0.3 is 10.1 Å². The number of anilines is 1. The second-order valence-corrected chi connectivity index (χ2v) is 5.98. The highest BCUT2D eigenvalue weighted by molar-refractivity contribution is 7.18. The number of benzene rings is 1. The van der Waals surface area contributed by atoms with Crippen LogP contribution < -0.4 is 10.1 Å². The van der Waals surface area contributed by atoms with Crippen molar-refractivity contribution in [2.24, 2.45) is 0 Å². The van der Waals surface area contributed by atoms with Gasteiger partial charge in [0.25, 0.3) is 0 Å². The fourth-order valence-corrected chi connectivity index (χ4v) is 3.17. The molecule has 2 heterocycles. The molecule has 108 valence electrons. The zero-order valence-electron chi connectivity index (χ0n) is 12.1. The van der Waals surface area contributed by atoms with Crippen LogP contribution in [0.4, 0.5) is 5.82 Å². The van der Waals surface area contributed by atoms with Crippen molar-refractivity contribution in [3.05, 3.63) is 47.1 Å². The van der Waals surface area contributed by atoms with Gasteiger partial charge in [-0.15, -0.1) is 11.3 Å². The molecule has 0 unspecified atom stereocenters. The number of rotatable bonds is 5. The van der Waals surface area contributed by atoms with Crippen LogP contribution in [0.2, 0.25) is 0 Å². The van der Waals surface area contributed by atoms with Gasteiger partial charge in [-0.3, -0.25) is 0 Å². The summed E-state index contributed by atoms with van der Waals surface area (Å²) in [4.78, 5) is 11.0. The molecule has 0 bridgehead atoms. The van der Waals surface area contributed by atoms with E-state index in [0.29, 0.717) is 13.2 Å². The van der Waals surface area contributed by atoms with Crippen LogP contribution in [0.15, 0.2) is 36.7 Å². The van der Waals surface area contributed by atoms with Gasteiger partial charge in [0.2, 0.25) is 0 Å². The van der Waals surface area contributed by atoms with E-state index in [1.54, 1.807) is 17.7 Å². The molecule has 0 saturated heterocycles. The van der Waals surface area contributed by atoms with Crippen LogP contribution in [0.5, 0.6) is 5.75 Å². The summed E-state index contributed by atoms with van der Waals surface area (Å²) in [6.07, 6.45) is 1.61. The van der Waals surface area contributed by atoms with Crippen LogP contribution in [-0.4, -0.2) is 23.1 Å². The number of hydrogen-bond donors (Lipinski definition) is 1. The van der Waals surface area contributed by atoms with Gasteiger partial charge in [0.05, 0.1) is 11.9 Å². The maximum absolute atomic E-state index is 5.67. The molecular formula is C16H17N3OS. The van der Waals surface area contributed by atoms with E-state index in [4.69, 9.17) is 4.74 Å². The zero-order valence-corrected chi connectivity index (χ0v) is 12.9. The van der Waals surface area contributed by atoms with Crippen molar-refractivity contribution < 1.29 is 4.74 Å². The van der Waals surface area contributed by atoms with Crippen molar-refractivity contribution in [3.8, 4) is 5.75 Å². The second kappa shape index (κ2) is 6.10. The summed E-state index contributed by atoms with van der Waals surface area (Å²) in [5.41, 5.74) is 1.25. The Bertz CT molecular complexity index is 740. The van der Waals surface area contributed by atoms with Crippen LogP contribution in [0, 0.1) is 13.8 Å². The monoisotopic (exact) mass is 299 g/mol. The number of nitrogens with zero attached hydrogens (tertiary/aromatic N) is 2. The molecule has 0 atom stereocenters. The average Bonchev–Trinajstić information content (AvgIpc) is 2.80. The van der Waals surface area contributed by atoms with E-state index in [-0.39, 0.29) is 0 Å². The first kappa shape index (κ1) is 13.8. The lowest BCUT2D eigenvalue weighted by atomic mass is 10.2. The van der Waals surface area contributed by atoms with E-state index in [9.17, 15) is 0 Å². The maximum atomic E-state index is 5.67. The summed E-state index contributed by atoms with van der Waals surface area (Å²) in [7, 11) is 0. The van der Waals surface area contributed by atoms with Crippen molar-refractivity contribution in [2.45, 2.75) is 13.8 Å². The fraction of sp³-hybridized carbons (Fsp3) is 0.250. The van der Waals surface area contributed by atoms with Crippen LogP contribution in [-0.2, 0) is 0 Å². The molecule has 0 aliphatic carbocycles. The molecule has 1 N–H and O–H groups in total. The molecule has 21 heavy (non-hydrogen) atoms. The number of thiophene rings is 1. The first-order chi connectivity index (χ1) is 10.3. The molecule has 0 amide bonds. The van der Waals surface area contributed by atoms with Crippen LogP contribution in [0.25, 0.3) is 10.2 Å². The first-order valence-corrected chi connectivity index (χ1v) is 7.70. The standard InChI is InChI=1S/C16H17N3OS/c1-11-12(2)21-16-14(11)15(18-10-19-16)17-8-9-20-13-6-4-3-5-7-13/h3-7,10H,8-9H2,1-2H3,(H,17,18,19). The predicted octanol–water partition coefficient (Wildman–Crippen LogP) is 3.80. The average molecular weight is 299 g/mol. The first-order valence-electron chi connectivity index (χ1n) is 6.88. The Balaban J connectivity index is 1.66.